The molecule has 88 valence electrons. The third kappa shape index (κ3) is 2.62. The first-order chi connectivity index (χ1) is 7.66. The summed E-state index contributed by atoms with van der Waals surface area (Å²) >= 11 is 1.89. The fraction of sp³-hybridized carbons (Fsp3) is 0.700. The van der Waals surface area contributed by atoms with E-state index in [4.69, 9.17) is 4.52 Å². The number of ketones is 1. The number of carbonyl (C=O) groups excluding carboxylic acids is 1. The highest BCUT2D eigenvalue weighted by molar-refractivity contribution is 7.99. The molecule has 6 heteroatoms. The zero-order valence-corrected chi connectivity index (χ0v) is 10.3. The summed E-state index contributed by atoms with van der Waals surface area (Å²) in [4.78, 5) is 17.4. The van der Waals surface area contributed by atoms with Crippen LogP contribution in [0.25, 0.3) is 0 Å². The van der Waals surface area contributed by atoms with Crippen LogP contribution in [0.15, 0.2) is 4.52 Å². The summed E-state index contributed by atoms with van der Waals surface area (Å²) in [5, 5.41) is 3.95. The maximum Gasteiger partial charge on any atom is 0.234 e. The molecule has 1 aromatic rings. The molecular weight excluding hydrogens is 226 g/mol. The Morgan fingerprint density at radius 2 is 2.50 bits per heavy atom. The van der Waals surface area contributed by atoms with E-state index in [9.17, 15) is 4.79 Å². The molecule has 2 rings (SSSR count). The topological polar surface area (TPSA) is 59.2 Å². The van der Waals surface area contributed by atoms with E-state index in [1.807, 2.05) is 11.8 Å². The second-order valence-corrected chi connectivity index (χ2v) is 5.15. The number of Topliss-reactive ketones (excluding diaryl/α,β-unsaturated/α-hetero) is 1. The number of hydrogen-bond donors (Lipinski definition) is 0. The van der Waals surface area contributed by atoms with Gasteiger partial charge in [0.25, 0.3) is 0 Å². The van der Waals surface area contributed by atoms with Crippen LogP contribution in [-0.4, -0.2) is 45.9 Å². The summed E-state index contributed by atoms with van der Waals surface area (Å²) in [5.41, 5.74) is 0. The van der Waals surface area contributed by atoms with Crippen LogP contribution >= 0.6 is 11.8 Å². The molecule has 0 amide bonds. The minimum Gasteiger partial charge on any atom is -0.339 e. The lowest BCUT2D eigenvalue weighted by Gasteiger charge is -2.29. The van der Waals surface area contributed by atoms with Crippen LogP contribution in [0.1, 0.15) is 24.7 Å². The maximum atomic E-state index is 10.9. The van der Waals surface area contributed by atoms with Crippen molar-refractivity contribution in [3.63, 3.8) is 0 Å². The van der Waals surface area contributed by atoms with Crippen molar-refractivity contribution in [2.24, 2.45) is 0 Å². The van der Waals surface area contributed by atoms with E-state index < -0.39 is 0 Å². The molecule has 2 heterocycles. The van der Waals surface area contributed by atoms with Crippen LogP contribution in [0.3, 0.4) is 0 Å². The van der Waals surface area contributed by atoms with E-state index in [1.165, 1.54) is 6.92 Å². The van der Waals surface area contributed by atoms with Gasteiger partial charge in [0, 0.05) is 18.1 Å². The van der Waals surface area contributed by atoms with Crippen LogP contribution in [0.4, 0.5) is 0 Å². The summed E-state index contributed by atoms with van der Waals surface area (Å²) in [6, 6.07) is 0.211. The summed E-state index contributed by atoms with van der Waals surface area (Å²) in [6.07, 6.45) is 0.233. The number of thioether (sulfide) groups is 1. The fourth-order valence-corrected chi connectivity index (χ4v) is 2.86. The predicted octanol–water partition coefficient (Wildman–Crippen LogP) is 0.921. The fourth-order valence-electron chi connectivity index (χ4n) is 1.65. The highest BCUT2D eigenvalue weighted by Crippen LogP contribution is 2.26. The Kier molecular flexibility index (Phi) is 3.60. The molecule has 1 atom stereocenters. The van der Waals surface area contributed by atoms with Crippen molar-refractivity contribution < 1.29 is 9.32 Å². The molecule has 1 saturated heterocycles. The van der Waals surface area contributed by atoms with E-state index in [1.54, 1.807) is 0 Å². The molecule has 0 aliphatic carbocycles. The molecule has 0 saturated carbocycles. The third-order valence-electron chi connectivity index (χ3n) is 2.58. The second-order valence-electron chi connectivity index (χ2n) is 4.00. The Morgan fingerprint density at radius 1 is 1.69 bits per heavy atom. The Hall–Kier alpha value is -0.880. The van der Waals surface area contributed by atoms with Crippen LogP contribution in [-0.2, 0) is 11.2 Å². The first kappa shape index (κ1) is 11.6. The molecule has 1 unspecified atom stereocenters. The van der Waals surface area contributed by atoms with Gasteiger partial charge in [-0.1, -0.05) is 5.16 Å². The van der Waals surface area contributed by atoms with Gasteiger partial charge in [-0.15, -0.1) is 0 Å². The van der Waals surface area contributed by atoms with Gasteiger partial charge in [-0.3, -0.25) is 9.69 Å². The van der Waals surface area contributed by atoms with Gasteiger partial charge in [-0.05, 0) is 14.0 Å². The molecule has 1 aromatic heterocycles. The lowest BCUT2D eigenvalue weighted by atomic mass is 10.2. The zero-order valence-electron chi connectivity index (χ0n) is 9.47. The monoisotopic (exact) mass is 241 g/mol. The van der Waals surface area contributed by atoms with Crippen molar-refractivity contribution in [3.05, 3.63) is 11.7 Å². The largest absolute Gasteiger partial charge is 0.339 e. The SMILES string of the molecule is CC(=O)Cc1nc(C2CSCCN2C)no1. The maximum absolute atomic E-state index is 10.9. The predicted molar refractivity (Wildman–Crippen MR) is 61.4 cm³/mol. The number of rotatable bonds is 3. The van der Waals surface area contributed by atoms with Gasteiger partial charge in [-0.25, -0.2) is 0 Å². The molecule has 1 fully saturated rings. The van der Waals surface area contributed by atoms with E-state index in [0.717, 1.165) is 18.1 Å². The molecule has 0 radical (unpaired) electrons. The Labute approximate surface area is 98.6 Å². The second kappa shape index (κ2) is 4.97. The smallest absolute Gasteiger partial charge is 0.234 e. The highest BCUT2D eigenvalue weighted by atomic mass is 32.2. The first-order valence-electron chi connectivity index (χ1n) is 5.26. The number of nitrogens with zero attached hydrogens (tertiary/aromatic N) is 3. The minimum absolute atomic E-state index is 0.0431. The molecule has 0 bridgehead atoms. The summed E-state index contributed by atoms with van der Waals surface area (Å²) in [5.74, 6) is 3.29. The Balaban J connectivity index is 2.08. The lowest BCUT2D eigenvalue weighted by molar-refractivity contribution is -0.116. The van der Waals surface area contributed by atoms with Crippen LogP contribution in [0.5, 0.6) is 0 Å². The first-order valence-corrected chi connectivity index (χ1v) is 6.42. The van der Waals surface area contributed by atoms with Crippen LogP contribution in [0, 0.1) is 0 Å². The molecule has 1 aliphatic rings. The van der Waals surface area contributed by atoms with Gasteiger partial charge in [0.15, 0.2) is 5.82 Å². The zero-order chi connectivity index (χ0) is 11.5. The van der Waals surface area contributed by atoms with Crippen molar-refractivity contribution in [2.45, 2.75) is 19.4 Å². The van der Waals surface area contributed by atoms with Crippen LogP contribution in [0.2, 0.25) is 0 Å². The number of carbonyl (C=O) groups is 1. The van der Waals surface area contributed by atoms with E-state index in [0.29, 0.717) is 11.7 Å². The quantitative estimate of drug-likeness (QED) is 0.784. The highest BCUT2D eigenvalue weighted by Gasteiger charge is 2.25. The molecule has 0 N–H and O–H groups in total. The van der Waals surface area contributed by atoms with Gasteiger partial charge in [0.1, 0.15) is 5.78 Å². The Morgan fingerprint density at radius 3 is 3.19 bits per heavy atom. The van der Waals surface area contributed by atoms with Crippen LogP contribution < -0.4 is 0 Å². The molecule has 5 nitrogen and oxygen atoms in total. The van der Waals surface area contributed by atoms with Gasteiger partial charge in [0.2, 0.25) is 5.89 Å². The number of aromatic nitrogens is 2. The number of hydrogen-bond acceptors (Lipinski definition) is 6. The summed E-state index contributed by atoms with van der Waals surface area (Å²) in [6.45, 7) is 2.55. The Bertz CT molecular complexity index is 380. The van der Waals surface area contributed by atoms with Gasteiger partial charge in [-0.2, -0.15) is 16.7 Å². The molecule has 16 heavy (non-hydrogen) atoms. The van der Waals surface area contributed by atoms with Crippen molar-refractivity contribution >= 4 is 17.5 Å². The lowest BCUT2D eigenvalue weighted by Crippen LogP contribution is -2.33. The summed E-state index contributed by atoms with van der Waals surface area (Å²) < 4.78 is 5.06. The van der Waals surface area contributed by atoms with Gasteiger partial charge < -0.3 is 4.52 Å². The minimum atomic E-state index is 0.0431. The molecule has 1 aliphatic heterocycles. The molecule has 0 aromatic carbocycles. The average Bonchev–Trinajstić information content (AvgIpc) is 2.66. The van der Waals surface area contributed by atoms with Crippen molar-refractivity contribution in [1.82, 2.24) is 15.0 Å². The van der Waals surface area contributed by atoms with Gasteiger partial charge in [0.05, 0.1) is 12.5 Å². The van der Waals surface area contributed by atoms with E-state index in [2.05, 4.69) is 22.1 Å². The van der Waals surface area contributed by atoms with Crippen molar-refractivity contribution in [1.29, 1.82) is 0 Å². The van der Waals surface area contributed by atoms with E-state index >= 15 is 0 Å². The standard InChI is InChI=1S/C10H15N3O2S/c1-7(14)5-9-11-10(12-15-9)8-6-16-4-3-13(8)2/h8H,3-6H2,1-2H3. The summed E-state index contributed by atoms with van der Waals surface area (Å²) in [7, 11) is 2.06. The third-order valence-corrected chi connectivity index (χ3v) is 3.60. The average molecular weight is 241 g/mol. The normalized spacial score (nSPS) is 22.2. The van der Waals surface area contributed by atoms with Crippen molar-refractivity contribution in [3.8, 4) is 0 Å². The molecular formula is C10H15N3O2S. The van der Waals surface area contributed by atoms with E-state index in [-0.39, 0.29) is 18.2 Å². The molecule has 0 spiro atoms. The van der Waals surface area contributed by atoms with Crippen molar-refractivity contribution in [2.75, 3.05) is 25.1 Å². The van der Waals surface area contributed by atoms with Gasteiger partial charge >= 0.3 is 0 Å².